The average molecular weight is 371 g/mol. The van der Waals surface area contributed by atoms with Gasteiger partial charge >= 0.3 is 0 Å². The number of nitriles is 1. The Morgan fingerprint density at radius 3 is 2.50 bits per heavy atom. The van der Waals surface area contributed by atoms with E-state index in [-0.39, 0.29) is 5.75 Å². The van der Waals surface area contributed by atoms with E-state index >= 15 is 0 Å². The van der Waals surface area contributed by atoms with Crippen molar-refractivity contribution in [2.75, 3.05) is 50.7 Å². The maximum Gasteiger partial charge on any atom is 0.118 e. The number of benzene rings is 2. The molecule has 2 aromatic rings. The average Bonchev–Trinajstić information content (AvgIpc) is 2.65. The summed E-state index contributed by atoms with van der Waals surface area (Å²) >= 11 is 1.54. The van der Waals surface area contributed by atoms with Crippen LogP contribution in [0.25, 0.3) is 0 Å². The van der Waals surface area contributed by atoms with Gasteiger partial charge in [0, 0.05) is 42.8 Å². The molecule has 7 heteroatoms. The van der Waals surface area contributed by atoms with Gasteiger partial charge in [0.2, 0.25) is 0 Å². The SMILES string of the molecule is COCCN(CCOC)c1ccc2c(c1)Sc1cc(O)cc(C#N)c1N2. The molecule has 0 amide bonds. The molecule has 1 aliphatic rings. The predicted octanol–water partition coefficient (Wildman–Crippen LogP) is 3.57. The van der Waals surface area contributed by atoms with Crippen LogP contribution in [0, 0.1) is 11.3 Å². The first kappa shape index (κ1) is 18.4. The summed E-state index contributed by atoms with van der Waals surface area (Å²) in [5.41, 5.74) is 3.21. The highest BCUT2D eigenvalue weighted by Crippen LogP contribution is 2.47. The van der Waals surface area contributed by atoms with Crippen LogP contribution in [0.5, 0.6) is 5.75 Å². The Labute approximate surface area is 157 Å². The quantitative estimate of drug-likeness (QED) is 0.615. The minimum atomic E-state index is 0.0935. The number of hydrogen-bond acceptors (Lipinski definition) is 7. The topological polar surface area (TPSA) is 77.8 Å². The molecule has 0 bridgehead atoms. The predicted molar refractivity (Wildman–Crippen MR) is 103 cm³/mol. The fourth-order valence-electron chi connectivity index (χ4n) is 2.82. The molecule has 136 valence electrons. The lowest BCUT2D eigenvalue weighted by atomic mass is 10.1. The summed E-state index contributed by atoms with van der Waals surface area (Å²) < 4.78 is 10.4. The van der Waals surface area contributed by atoms with Crippen molar-refractivity contribution >= 4 is 28.8 Å². The molecule has 2 N–H and O–H groups in total. The van der Waals surface area contributed by atoms with Crippen molar-refractivity contribution in [2.24, 2.45) is 0 Å². The number of aromatic hydroxyl groups is 1. The van der Waals surface area contributed by atoms with Crippen LogP contribution in [0.3, 0.4) is 0 Å². The first-order valence-corrected chi connectivity index (χ1v) is 9.06. The molecule has 0 aromatic heterocycles. The maximum atomic E-state index is 9.86. The summed E-state index contributed by atoms with van der Waals surface area (Å²) in [5.74, 6) is 0.0935. The summed E-state index contributed by atoms with van der Waals surface area (Å²) in [6.45, 7) is 2.81. The maximum absolute atomic E-state index is 9.86. The van der Waals surface area contributed by atoms with E-state index in [1.54, 1.807) is 32.0 Å². The molecular formula is C19H21N3O3S. The molecule has 0 saturated heterocycles. The summed E-state index contributed by atoms with van der Waals surface area (Å²) in [6, 6.07) is 11.5. The van der Waals surface area contributed by atoms with Crippen LogP contribution in [0.4, 0.5) is 17.1 Å². The van der Waals surface area contributed by atoms with Crippen molar-refractivity contribution in [3.63, 3.8) is 0 Å². The number of phenolic OH excluding ortho intramolecular Hbond substituents is 1. The largest absolute Gasteiger partial charge is 0.508 e. The summed E-state index contributed by atoms with van der Waals surface area (Å²) in [4.78, 5) is 4.10. The third-order valence-electron chi connectivity index (χ3n) is 4.15. The van der Waals surface area contributed by atoms with E-state index in [0.29, 0.717) is 18.8 Å². The number of phenols is 1. The number of anilines is 3. The third kappa shape index (κ3) is 3.88. The Bertz CT molecular complexity index is 828. The Hall–Kier alpha value is -2.40. The van der Waals surface area contributed by atoms with Gasteiger partial charge in [-0.25, -0.2) is 0 Å². The van der Waals surface area contributed by atoms with Crippen LogP contribution in [0.1, 0.15) is 5.56 Å². The van der Waals surface area contributed by atoms with Crippen LogP contribution in [0.15, 0.2) is 40.1 Å². The van der Waals surface area contributed by atoms with Crippen LogP contribution < -0.4 is 10.2 Å². The number of methoxy groups -OCH3 is 2. The standard InChI is InChI=1S/C19H21N3O3S/c1-24-7-5-22(6-8-25-2)14-3-4-16-17(10-14)26-18-11-15(23)9-13(12-20)19(18)21-16/h3-4,9-11,21,23H,5-8H2,1-2H3. The molecule has 2 aromatic carbocycles. The van der Waals surface area contributed by atoms with E-state index in [2.05, 4.69) is 28.4 Å². The number of nitrogens with one attached hydrogen (secondary N) is 1. The lowest BCUT2D eigenvalue weighted by molar-refractivity contribution is 0.190. The molecule has 3 rings (SSSR count). The second-order valence-electron chi connectivity index (χ2n) is 5.86. The van der Waals surface area contributed by atoms with Crippen molar-refractivity contribution < 1.29 is 14.6 Å². The number of hydrogen-bond donors (Lipinski definition) is 2. The number of rotatable bonds is 7. The number of ether oxygens (including phenoxy) is 2. The van der Waals surface area contributed by atoms with Gasteiger partial charge in [-0.2, -0.15) is 5.26 Å². The van der Waals surface area contributed by atoms with Gasteiger partial charge in [0.25, 0.3) is 0 Å². The molecule has 6 nitrogen and oxygen atoms in total. The smallest absolute Gasteiger partial charge is 0.118 e. The van der Waals surface area contributed by atoms with Gasteiger partial charge in [0.15, 0.2) is 0 Å². The first-order chi connectivity index (χ1) is 12.7. The second kappa shape index (κ2) is 8.32. The molecule has 0 aliphatic carbocycles. The molecule has 0 atom stereocenters. The molecule has 1 aliphatic heterocycles. The van der Waals surface area contributed by atoms with E-state index in [9.17, 15) is 10.4 Å². The highest BCUT2D eigenvalue weighted by atomic mass is 32.2. The van der Waals surface area contributed by atoms with Crippen LogP contribution in [-0.4, -0.2) is 45.6 Å². The zero-order valence-corrected chi connectivity index (χ0v) is 15.6. The zero-order chi connectivity index (χ0) is 18.5. The molecule has 0 spiro atoms. The fraction of sp³-hybridized carbons (Fsp3) is 0.316. The van der Waals surface area contributed by atoms with Crippen molar-refractivity contribution in [3.8, 4) is 11.8 Å². The second-order valence-corrected chi connectivity index (χ2v) is 6.94. The molecule has 0 fully saturated rings. The monoisotopic (exact) mass is 371 g/mol. The summed E-state index contributed by atoms with van der Waals surface area (Å²) in [5, 5.41) is 22.5. The Morgan fingerprint density at radius 2 is 1.85 bits per heavy atom. The van der Waals surface area contributed by atoms with Gasteiger partial charge in [-0.05, 0) is 30.3 Å². The van der Waals surface area contributed by atoms with Crippen LogP contribution in [0.2, 0.25) is 0 Å². The third-order valence-corrected chi connectivity index (χ3v) is 5.25. The fourth-order valence-corrected chi connectivity index (χ4v) is 3.91. The van der Waals surface area contributed by atoms with Gasteiger partial charge in [-0.1, -0.05) is 11.8 Å². The van der Waals surface area contributed by atoms with Crippen molar-refractivity contribution in [2.45, 2.75) is 9.79 Å². The van der Waals surface area contributed by atoms with Crippen molar-refractivity contribution in [1.82, 2.24) is 0 Å². The molecular weight excluding hydrogens is 350 g/mol. The lowest BCUT2D eigenvalue weighted by Gasteiger charge is -2.27. The van der Waals surface area contributed by atoms with Gasteiger partial charge in [-0.3, -0.25) is 0 Å². The summed E-state index contributed by atoms with van der Waals surface area (Å²) in [6.07, 6.45) is 0. The van der Waals surface area contributed by atoms with E-state index in [1.807, 2.05) is 6.07 Å². The Morgan fingerprint density at radius 1 is 1.12 bits per heavy atom. The highest BCUT2D eigenvalue weighted by Gasteiger charge is 2.21. The van der Waals surface area contributed by atoms with Crippen molar-refractivity contribution in [1.29, 1.82) is 5.26 Å². The Kier molecular flexibility index (Phi) is 5.89. The minimum absolute atomic E-state index is 0.0935. The van der Waals surface area contributed by atoms with Gasteiger partial charge in [0.1, 0.15) is 11.8 Å². The lowest BCUT2D eigenvalue weighted by Crippen LogP contribution is -2.30. The highest BCUT2D eigenvalue weighted by molar-refractivity contribution is 7.99. The van der Waals surface area contributed by atoms with E-state index in [4.69, 9.17) is 9.47 Å². The van der Waals surface area contributed by atoms with Gasteiger partial charge in [-0.15, -0.1) is 0 Å². The van der Waals surface area contributed by atoms with E-state index < -0.39 is 0 Å². The molecule has 0 unspecified atom stereocenters. The first-order valence-electron chi connectivity index (χ1n) is 8.25. The summed E-state index contributed by atoms with van der Waals surface area (Å²) in [7, 11) is 3.38. The normalized spacial score (nSPS) is 11.9. The number of fused-ring (bicyclic) bond motifs is 2. The molecule has 0 saturated carbocycles. The molecule has 26 heavy (non-hydrogen) atoms. The zero-order valence-electron chi connectivity index (χ0n) is 14.8. The van der Waals surface area contributed by atoms with Gasteiger partial charge in [0.05, 0.1) is 30.2 Å². The van der Waals surface area contributed by atoms with Crippen LogP contribution in [-0.2, 0) is 9.47 Å². The van der Waals surface area contributed by atoms with E-state index in [0.717, 1.165) is 39.9 Å². The minimum Gasteiger partial charge on any atom is -0.508 e. The van der Waals surface area contributed by atoms with Gasteiger partial charge < -0.3 is 24.8 Å². The van der Waals surface area contributed by atoms with E-state index in [1.165, 1.54) is 6.07 Å². The van der Waals surface area contributed by atoms with Crippen molar-refractivity contribution in [3.05, 3.63) is 35.9 Å². The Balaban J connectivity index is 1.90. The molecule has 1 heterocycles. The molecule has 0 radical (unpaired) electrons. The van der Waals surface area contributed by atoms with Crippen LogP contribution >= 0.6 is 11.8 Å². The number of nitrogens with zero attached hydrogens (tertiary/aromatic N) is 2.